The molecule has 1 N–H and O–H groups in total. The Labute approximate surface area is 154 Å². The summed E-state index contributed by atoms with van der Waals surface area (Å²) < 4.78 is 30.0. The predicted octanol–water partition coefficient (Wildman–Crippen LogP) is 2.22. The van der Waals surface area contributed by atoms with Crippen molar-refractivity contribution in [2.75, 3.05) is 19.7 Å². The van der Waals surface area contributed by atoms with Crippen molar-refractivity contribution >= 4 is 21.8 Å². The van der Waals surface area contributed by atoms with Crippen LogP contribution < -0.4 is 5.32 Å². The number of rotatable bonds is 5. The molecular formula is C18H26N2O5S. The molecule has 144 valence electrons. The highest BCUT2D eigenvalue weighted by atomic mass is 32.2. The number of hydrogen-bond donors (Lipinski definition) is 1. The van der Waals surface area contributed by atoms with Crippen LogP contribution in [0.3, 0.4) is 0 Å². The van der Waals surface area contributed by atoms with Gasteiger partial charge in [0.15, 0.2) is 9.84 Å². The third-order valence-electron chi connectivity index (χ3n) is 4.42. The first kappa shape index (κ1) is 20.2. The fourth-order valence-corrected chi connectivity index (χ4v) is 4.08. The first-order valence-corrected chi connectivity index (χ1v) is 10.4. The fraction of sp³-hybridized carbons (Fsp3) is 0.556. The summed E-state index contributed by atoms with van der Waals surface area (Å²) in [5.41, 5.74) is 0.161. The van der Waals surface area contributed by atoms with Gasteiger partial charge in [-0.05, 0) is 45.7 Å². The fourth-order valence-electron chi connectivity index (χ4n) is 2.84. The Morgan fingerprint density at radius 3 is 2.42 bits per heavy atom. The number of hydrogen-bond acceptors (Lipinski definition) is 5. The van der Waals surface area contributed by atoms with E-state index in [4.69, 9.17) is 4.74 Å². The Morgan fingerprint density at radius 2 is 1.85 bits per heavy atom. The molecule has 0 unspecified atom stereocenters. The second kappa shape index (κ2) is 8.53. The maximum absolute atomic E-state index is 12.6. The summed E-state index contributed by atoms with van der Waals surface area (Å²) in [4.78, 5) is 26.0. The zero-order valence-corrected chi connectivity index (χ0v) is 16.2. The van der Waals surface area contributed by atoms with Gasteiger partial charge < -0.3 is 15.0 Å². The quantitative estimate of drug-likeness (QED) is 0.843. The van der Waals surface area contributed by atoms with Crippen LogP contribution in [0.5, 0.6) is 0 Å². The van der Waals surface area contributed by atoms with Crippen LogP contribution in [0.15, 0.2) is 29.2 Å². The van der Waals surface area contributed by atoms with Crippen LogP contribution in [0.4, 0.5) is 4.79 Å². The van der Waals surface area contributed by atoms with Crippen molar-refractivity contribution < 1.29 is 22.7 Å². The van der Waals surface area contributed by atoms with Crippen LogP contribution in [-0.4, -0.2) is 56.3 Å². The van der Waals surface area contributed by atoms with Crippen molar-refractivity contribution in [2.45, 2.75) is 49.8 Å². The van der Waals surface area contributed by atoms with E-state index >= 15 is 0 Å². The van der Waals surface area contributed by atoms with Gasteiger partial charge in [-0.2, -0.15) is 0 Å². The number of likely N-dealkylation sites (tertiary alicyclic amines) is 1. The topological polar surface area (TPSA) is 92.8 Å². The van der Waals surface area contributed by atoms with Crippen LogP contribution in [0.1, 0.15) is 44.0 Å². The van der Waals surface area contributed by atoms with E-state index in [0.717, 1.165) is 0 Å². The first-order chi connectivity index (χ1) is 12.3. The lowest BCUT2D eigenvalue weighted by molar-refractivity contribution is 0.0857. The van der Waals surface area contributed by atoms with Crippen molar-refractivity contribution in [3.63, 3.8) is 0 Å². The number of nitrogens with one attached hydrogen (secondary N) is 1. The van der Waals surface area contributed by atoms with E-state index in [9.17, 15) is 18.0 Å². The Morgan fingerprint density at radius 1 is 1.23 bits per heavy atom. The highest BCUT2D eigenvalue weighted by molar-refractivity contribution is 7.92. The molecule has 0 atom stereocenters. The number of amides is 2. The van der Waals surface area contributed by atoms with Crippen LogP contribution >= 0.6 is 0 Å². The highest BCUT2D eigenvalue weighted by Gasteiger charge is 2.28. The van der Waals surface area contributed by atoms with Gasteiger partial charge in [0.05, 0.1) is 22.3 Å². The van der Waals surface area contributed by atoms with E-state index in [1.807, 2.05) is 0 Å². The summed E-state index contributed by atoms with van der Waals surface area (Å²) in [5, 5.41) is 2.29. The molecule has 0 aromatic heterocycles. The predicted molar refractivity (Wildman–Crippen MR) is 97.8 cm³/mol. The summed E-state index contributed by atoms with van der Waals surface area (Å²) in [6.07, 6.45) is 0.860. The first-order valence-electron chi connectivity index (χ1n) is 8.82. The molecule has 26 heavy (non-hydrogen) atoms. The van der Waals surface area contributed by atoms with Gasteiger partial charge >= 0.3 is 6.09 Å². The van der Waals surface area contributed by atoms with E-state index in [2.05, 4.69) is 5.32 Å². The number of nitrogens with zero attached hydrogens (tertiary/aromatic N) is 1. The van der Waals surface area contributed by atoms with E-state index in [1.54, 1.807) is 37.8 Å². The Kier molecular flexibility index (Phi) is 6.63. The van der Waals surface area contributed by atoms with Crippen LogP contribution in [0.2, 0.25) is 0 Å². The molecule has 1 aliphatic rings. The molecule has 1 heterocycles. The van der Waals surface area contributed by atoms with Crippen LogP contribution in [0.25, 0.3) is 0 Å². The van der Waals surface area contributed by atoms with Crippen molar-refractivity contribution in [1.82, 2.24) is 10.2 Å². The molecule has 1 aromatic rings. The number of carbonyl (C=O) groups excluding carboxylic acids is 2. The van der Waals surface area contributed by atoms with Crippen molar-refractivity contribution in [2.24, 2.45) is 0 Å². The molecule has 0 radical (unpaired) electrons. The molecule has 0 aliphatic carbocycles. The lowest BCUT2D eigenvalue weighted by Crippen LogP contribution is -2.46. The molecule has 1 saturated heterocycles. The zero-order chi connectivity index (χ0) is 19.3. The molecule has 1 aliphatic heterocycles. The van der Waals surface area contributed by atoms with Gasteiger partial charge in [0.1, 0.15) is 0 Å². The average molecular weight is 382 g/mol. The largest absolute Gasteiger partial charge is 0.450 e. The maximum atomic E-state index is 12.6. The van der Waals surface area contributed by atoms with Crippen molar-refractivity contribution in [3.8, 4) is 0 Å². The third-order valence-corrected chi connectivity index (χ3v) is 6.63. The van der Waals surface area contributed by atoms with Gasteiger partial charge in [0.2, 0.25) is 0 Å². The van der Waals surface area contributed by atoms with Gasteiger partial charge in [-0.15, -0.1) is 0 Å². The molecule has 7 nitrogen and oxygen atoms in total. The molecule has 2 amide bonds. The summed E-state index contributed by atoms with van der Waals surface area (Å²) in [6, 6.07) is 6.15. The molecule has 0 bridgehead atoms. The zero-order valence-electron chi connectivity index (χ0n) is 15.4. The van der Waals surface area contributed by atoms with E-state index in [0.29, 0.717) is 32.5 Å². The van der Waals surface area contributed by atoms with Crippen molar-refractivity contribution in [1.29, 1.82) is 0 Å². The lowest BCUT2D eigenvalue weighted by Gasteiger charge is -2.31. The molecule has 1 fully saturated rings. The third kappa shape index (κ3) is 4.55. The standard InChI is InChI=1S/C18H26N2O5S/c1-4-25-18(22)20-11-9-14(10-12-20)19-17(21)15-7-5-6-8-16(15)26(23,24)13(2)3/h5-8,13-14H,4,9-12H2,1-3H3,(H,19,21). The van der Waals surface area contributed by atoms with E-state index in [-0.39, 0.29) is 22.6 Å². The highest BCUT2D eigenvalue weighted by Crippen LogP contribution is 2.21. The van der Waals surface area contributed by atoms with Gasteiger partial charge in [0.25, 0.3) is 5.91 Å². The van der Waals surface area contributed by atoms with Gasteiger partial charge in [-0.1, -0.05) is 12.1 Å². The number of ether oxygens (including phenoxy) is 1. The second-order valence-electron chi connectivity index (χ2n) is 6.52. The SMILES string of the molecule is CCOC(=O)N1CCC(NC(=O)c2ccccc2S(=O)(=O)C(C)C)CC1. The van der Waals surface area contributed by atoms with Crippen LogP contribution in [0, 0.1) is 0 Å². The number of benzene rings is 1. The molecular weight excluding hydrogens is 356 g/mol. The molecule has 2 rings (SSSR count). The lowest BCUT2D eigenvalue weighted by atomic mass is 10.0. The summed E-state index contributed by atoms with van der Waals surface area (Å²) in [7, 11) is -3.55. The van der Waals surface area contributed by atoms with Gasteiger partial charge in [-0.25, -0.2) is 13.2 Å². The smallest absolute Gasteiger partial charge is 0.409 e. The Bertz CT molecular complexity index is 753. The van der Waals surface area contributed by atoms with Crippen molar-refractivity contribution in [3.05, 3.63) is 29.8 Å². The Balaban J connectivity index is 2.05. The number of sulfone groups is 1. The summed E-state index contributed by atoms with van der Waals surface area (Å²) in [5.74, 6) is -0.403. The number of piperidine rings is 1. The number of carbonyl (C=O) groups is 2. The Hall–Kier alpha value is -2.09. The minimum Gasteiger partial charge on any atom is -0.450 e. The molecule has 0 saturated carbocycles. The maximum Gasteiger partial charge on any atom is 0.409 e. The van der Waals surface area contributed by atoms with Gasteiger partial charge in [-0.3, -0.25) is 4.79 Å². The summed E-state index contributed by atoms with van der Waals surface area (Å²) >= 11 is 0. The minimum absolute atomic E-state index is 0.0523. The average Bonchev–Trinajstić information content (AvgIpc) is 2.62. The monoisotopic (exact) mass is 382 g/mol. The minimum atomic E-state index is -3.55. The van der Waals surface area contributed by atoms with E-state index < -0.39 is 21.0 Å². The second-order valence-corrected chi connectivity index (χ2v) is 9.00. The van der Waals surface area contributed by atoms with E-state index in [1.165, 1.54) is 12.1 Å². The molecule has 1 aromatic carbocycles. The molecule has 0 spiro atoms. The normalized spacial score (nSPS) is 15.8. The van der Waals surface area contributed by atoms with Gasteiger partial charge in [0, 0.05) is 19.1 Å². The summed E-state index contributed by atoms with van der Waals surface area (Å²) in [6.45, 7) is 6.26. The van der Waals surface area contributed by atoms with Crippen LogP contribution in [-0.2, 0) is 14.6 Å². The molecule has 8 heteroatoms.